The summed E-state index contributed by atoms with van der Waals surface area (Å²) in [6, 6.07) is 6.08. The van der Waals surface area contributed by atoms with Crippen molar-refractivity contribution in [2.75, 3.05) is 38.0 Å². The number of carbonyl (C=O) groups is 2. The van der Waals surface area contributed by atoms with E-state index in [1.165, 1.54) is 22.6 Å². The first-order valence-electron chi connectivity index (χ1n) is 15.6. The van der Waals surface area contributed by atoms with Crippen LogP contribution in [0.4, 0.5) is 36.4 Å². The lowest BCUT2D eigenvalue weighted by Crippen LogP contribution is -2.57. The highest BCUT2D eigenvalue weighted by Crippen LogP contribution is 2.31. The number of halogens is 7. The van der Waals surface area contributed by atoms with Crippen LogP contribution in [0.5, 0.6) is 0 Å². The highest BCUT2D eigenvalue weighted by Gasteiger charge is 2.44. The van der Waals surface area contributed by atoms with Crippen LogP contribution >= 0.6 is 0 Å². The average Bonchev–Trinajstić information content (AvgIpc) is 3.53. The second kappa shape index (κ2) is 15.4. The lowest BCUT2D eigenvalue weighted by atomic mass is 9.88. The van der Waals surface area contributed by atoms with E-state index in [9.17, 15) is 44.3 Å². The molecule has 0 aliphatic carbocycles. The number of alkyl halides is 3. The number of hydrogen-bond donors (Lipinski definition) is 3. The van der Waals surface area contributed by atoms with Crippen molar-refractivity contribution in [3.8, 4) is 0 Å². The SMILES string of the molecule is O=C(C[C@@H](c1ccc(F)cc1)c1cc(F)cc(F)c1)Nc1cncc(F)c1CC[C@H]1CNCCN1S(=O)(=O)N1CC[C@@H](NC(=O)C(F)(F)F)C1. The van der Waals surface area contributed by atoms with E-state index in [0.29, 0.717) is 11.6 Å². The van der Waals surface area contributed by atoms with E-state index in [-0.39, 0.29) is 75.2 Å². The standard InChI is InChI=1S/C32H33F7N6O4S/c33-21-3-1-19(2-4-21)27(20-11-22(34)13-23(35)12-20)14-30(46)43-29-17-41-16-28(36)26(29)6-5-25-15-40-8-10-45(25)50(48,49)44-9-7-24(18-44)42-31(47)32(37,38)39/h1-4,11-13,16-17,24-25,27,40H,5-10,14-15,18H2,(H,42,47)(H,43,46)/t24-,25+,27+/m1/s1. The van der Waals surface area contributed by atoms with Gasteiger partial charge in [-0.1, -0.05) is 12.1 Å². The van der Waals surface area contributed by atoms with Gasteiger partial charge in [-0.05, 0) is 54.7 Å². The van der Waals surface area contributed by atoms with E-state index in [0.717, 1.165) is 34.8 Å². The van der Waals surface area contributed by atoms with Gasteiger partial charge < -0.3 is 16.0 Å². The minimum absolute atomic E-state index is 0.0146. The van der Waals surface area contributed by atoms with Crippen LogP contribution in [0.25, 0.3) is 0 Å². The zero-order chi connectivity index (χ0) is 36.2. The molecule has 0 saturated carbocycles. The lowest BCUT2D eigenvalue weighted by molar-refractivity contribution is -0.174. The van der Waals surface area contributed by atoms with Gasteiger partial charge in [0.2, 0.25) is 5.91 Å². The number of amides is 2. The largest absolute Gasteiger partial charge is 0.471 e. The molecule has 0 unspecified atom stereocenters. The molecule has 0 radical (unpaired) electrons. The number of anilines is 1. The van der Waals surface area contributed by atoms with E-state index in [1.54, 1.807) is 0 Å². The van der Waals surface area contributed by atoms with Crippen molar-refractivity contribution in [2.45, 2.75) is 49.9 Å². The molecule has 3 aromatic rings. The second-order valence-electron chi connectivity index (χ2n) is 12.0. The molecule has 2 fully saturated rings. The van der Waals surface area contributed by atoms with Crippen molar-refractivity contribution in [1.29, 1.82) is 0 Å². The maximum Gasteiger partial charge on any atom is 0.471 e. The molecule has 2 saturated heterocycles. The van der Waals surface area contributed by atoms with Gasteiger partial charge in [-0.3, -0.25) is 14.6 Å². The number of piperazine rings is 1. The Morgan fingerprint density at radius 3 is 2.34 bits per heavy atom. The first kappa shape index (κ1) is 37.1. The smallest absolute Gasteiger partial charge is 0.344 e. The van der Waals surface area contributed by atoms with Crippen LogP contribution in [0, 0.1) is 23.3 Å². The maximum atomic E-state index is 15.2. The number of pyridine rings is 1. The summed E-state index contributed by atoms with van der Waals surface area (Å²) in [6.07, 6.45) is -3.36. The molecule has 50 heavy (non-hydrogen) atoms. The molecule has 0 bridgehead atoms. The van der Waals surface area contributed by atoms with Crippen molar-refractivity contribution in [2.24, 2.45) is 0 Å². The first-order chi connectivity index (χ1) is 23.6. The van der Waals surface area contributed by atoms with E-state index < -0.39 is 69.5 Å². The summed E-state index contributed by atoms with van der Waals surface area (Å²) in [6.45, 7) is 0.0264. The zero-order valence-corrected chi connectivity index (χ0v) is 27.1. The third-order valence-electron chi connectivity index (χ3n) is 8.62. The summed E-state index contributed by atoms with van der Waals surface area (Å²) in [5.41, 5.74) is 0.504. The third-order valence-corrected chi connectivity index (χ3v) is 10.7. The Morgan fingerprint density at radius 1 is 0.960 bits per heavy atom. The van der Waals surface area contributed by atoms with Gasteiger partial charge in [0, 0.05) is 68.8 Å². The summed E-state index contributed by atoms with van der Waals surface area (Å²) in [5, 5.41) is 7.49. The Kier molecular flexibility index (Phi) is 11.4. The molecular weight excluding hydrogens is 697 g/mol. The molecular formula is C32H33F7N6O4S. The predicted octanol–water partition coefficient (Wildman–Crippen LogP) is 4.00. The topological polar surface area (TPSA) is 124 Å². The number of nitrogens with one attached hydrogen (secondary N) is 3. The Hall–Kier alpha value is -4.13. The Bertz CT molecular complexity index is 1790. The van der Waals surface area contributed by atoms with Gasteiger partial charge in [-0.2, -0.15) is 30.2 Å². The molecule has 0 spiro atoms. The fourth-order valence-electron chi connectivity index (χ4n) is 6.18. The van der Waals surface area contributed by atoms with Gasteiger partial charge in [0.05, 0.1) is 18.1 Å². The van der Waals surface area contributed by atoms with Crippen LogP contribution in [0.3, 0.4) is 0 Å². The summed E-state index contributed by atoms with van der Waals surface area (Å²) in [5.74, 6) is -6.85. The molecule has 5 rings (SSSR count). The van der Waals surface area contributed by atoms with Gasteiger partial charge in [0.1, 0.15) is 23.3 Å². The minimum Gasteiger partial charge on any atom is -0.344 e. The molecule has 1 aromatic heterocycles. The van der Waals surface area contributed by atoms with Crippen LogP contribution in [0.15, 0.2) is 54.9 Å². The van der Waals surface area contributed by atoms with Gasteiger partial charge >= 0.3 is 12.1 Å². The van der Waals surface area contributed by atoms with Gasteiger partial charge in [-0.15, -0.1) is 0 Å². The van der Waals surface area contributed by atoms with Crippen molar-refractivity contribution in [3.63, 3.8) is 0 Å². The normalized spacial score (nSPS) is 19.7. The summed E-state index contributed by atoms with van der Waals surface area (Å²) in [4.78, 5) is 28.5. The predicted molar refractivity (Wildman–Crippen MR) is 167 cm³/mol. The quantitative estimate of drug-likeness (QED) is 0.257. The monoisotopic (exact) mass is 730 g/mol. The van der Waals surface area contributed by atoms with Crippen molar-refractivity contribution >= 4 is 27.7 Å². The fourth-order valence-corrected chi connectivity index (χ4v) is 8.06. The number of carbonyl (C=O) groups excluding carboxylic acids is 2. The molecule has 3 atom stereocenters. The van der Waals surface area contributed by atoms with E-state index in [4.69, 9.17) is 0 Å². The van der Waals surface area contributed by atoms with Crippen molar-refractivity contribution in [1.82, 2.24) is 24.2 Å². The Labute approximate surface area is 283 Å². The van der Waals surface area contributed by atoms with E-state index >= 15 is 4.39 Å². The zero-order valence-electron chi connectivity index (χ0n) is 26.3. The molecule has 10 nitrogen and oxygen atoms in total. The van der Waals surface area contributed by atoms with Crippen LogP contribution < -0.4 is 16.0 Å². The molecule has 2 amide bonds. The number of benzene rings is 2. The molecule has 270 valence electrons. The van der Waals surface area contributed by atoms with Crippen LogP contribution in [-0.2, 0) is 26.2 Å². The number of hydrogen-bond acceptors (Lipinski definition) is 6. The van der Waals surface area contributed by atoms with E-state index in [2.05, 4.69) is 15.6 Å². The lowest BCUT2D eigenvalue weighted by Gasteiger charge is -2.37. The average molecular weight is 731 g/mol. The minimum atomic E-state index is -5.11. The van der Waals surface area contributed by atoms with Crippen LogP contribution in [-0.4, -0.2) is 84.8 Å². The Balaban J connectivity index is 1.29. The maximum absolute atomic E-state index is 15.2. The van der Waals surface area contributed by atoms with Crippen molar-refractivity contribution < 1.29 is 48.7 Å². The number of rotatable bonds is 11. The highest BCUT2D eigenvalue weighted by molar-refractivity contribution is 7.86. The summed E-state index contributed by atoms with van der Waals surface area (Å²) < 4.78 is 125. The van der Waals surface area contributed by atoms with Crippen LogP contribution in [0.1, 0.15) is 41.9 Å². The molecule has 2 aliphatic rings. The summed E-state index contributed by atoms with van der Waals surface area (Å²) >= 11 is 0. The van der Waals surface area contributed by atoms with Gasteiger partial charge in [-0.25, -0.2) is 17.6 Å². The van der Waals surface area contributed by atoms with Gasteiger partial charge in [0.15, 0.2) is 0 Å². The van der Waals surface area contributed by atoms with Crippen LogP contribution in [0.2, 0.25) is 0 Å². The van der Waals surface area contributed by atoms with Crippen molar-refractivity contribution in [3.05, 3.63) is 94.8 Å². The highest BCUT2D eigenvalue weighted by atomic mass is 32.2. The fraction of sp³-hybridized carbons (Fsp3) is 0.406. The van der Waals surface area contributed by atoms with E-state index in [1.807, 2.05) is 5.32 Å². The Morgan fingerprint density at radius 2 is 1.66 bits per heavy atom. The summed E-state index contributed by atoms with van der Waals surface area (Å²) in [7, 11) is -4.19. The molecule has 3 heterocycles. The number of nitrogens with zero attached hydrogens (tertiary/aromatic N) is 3. The molecule has 2 aromatic carbocycles. The molecule has 2 aliphatic heterocycles. The first-order valence-corrected chi connectivity index (χ1v) is 17.0. The third kappa shape index (κ3) is 8.96. The molecule has 3 N–H and O–H groups in total. The number of aromatic nitrogens is 1. The molecule has 18 heteroatoms. The van der Waals surface area contributed by atoms with Gasteiger partial charge in [0.25, 0.3) is 10.2 Å². The second-order valence-corrected chi connectivity index (χ2v) is 13.9.